The van der Waals surface area contributed by atoms with Crippen LogP contribution in [0.4, 0.5) is 5.69 Å². The fourth-order valence-electron chi connectivity index (χ4n) is 2.68. The van der Waals surface area contributed by atoms with E-state index >= 15 is 0 Å². The lowest BCUT2D eigenvalue weighted by Gasteiger charge is -2.36. The Hall–Kier alpha value is -2.43. The topological polar surface area (TPSA) is 48.6 Å². The second-order valence-electron chi connectivity index (χ2n) is 5.05. The highest BCUT2D eigenvalue weighted by Crippen LogP contribution is 2.28. The van der Waals surface area contributed by atoms with Crippen molar-refractivity contribution < 1.29 is 9.53 Å². The van der Waals surface area contributed by atoms with Gasteiger partial charge in [0, 0.05) is 38.6 Å². The molecule has 1 aromatic carbocycles. The highest BCUT2D eigenvalue weighted by Gasteiger charge is 2.23. The molecule has 0 bridgehead atoms. The summed E-state index contributed by atoms with van der Waals surface area (Å²) >= 11 is 0. The molecule has 1 saturated heterocycles. The summed E-state index contributed by atoms with van der Waals surface area (Å²) in [6.45, 7) is 3.08. The lowest BCUT2D eigenvalue weighted by molar-refractivity contribution is 0.0747. The largest absolute Gasteiger partial charge is 0.495 e. The normalized spacial score (nSPS) is 15.1. The molecule has 1 N–H and O–H groups in total. The maximum Gasteiger partial charge on any atom is 0.255 e. The zero-order chi connectivity index (χ0) is 14.7. The van der Waals surface area contributed by atoms with E-state index in [1.807, 2.05) is 29.2 Å². The number of methoxy groups -OCH3 is 1. The number of carbonyl (C=O) groups is 1. The SMILES string of the molecule is COc1ccccc1N1CCN(C(=O)c2cc[nH]c2)CC1. The van der Waals surface area contributed by atoms with Gasteiger partial charge in [-0.1, -0.05) is 12.1 Å². The molecule has 21 heavy (non-hydrogen) atoms. The predicted octanol–water partition coefficient (Wildman–Crippen LogP) is 1.99. The van der Waals surface area contributed by atoms with E-state index in [1.165, 1.54) is 0 Å². The lowest BCUT2D eigenvalue weighted by atomic mass is 10.2. The Kier molecular flexibility index (Phi) is 3.81. The second kappa shape index (κ2) is 5.91. The highest BCUT2D eigenvalue weighted by atomic mass is 16.5. The van der Waals surface area contributed by atoms with Crippen molar-refractivity contribution in [1.29, 1.82) is 0 Å². The number of H-pyrrole nitrogens is 1. The molecule has 5 heteroatoms. The summed E-state index contributed by atoms with van der Waals surface area (Å²) < 4.78 is 5.41. The Balaban J connectivity index is 1.66. The van der Waals surface area contributed by atoms with Gasteiger partial charge >= 0.3 is 0 Å². The zero-order valence-electron chi connectivity index (χ0n) is 12.1. The maximum absolute atomic E-state index is 12.3. The molecule has 5 nitrogen and oxygen atoms in total. The number of nitrogens with zero attached hydrogens (tertiary/aromatic N) is 2. The number of aromatic nitrogens is 1. The minimum atomic E-state index is 0.0935. The van der Waals surface area contributed by atoms with Crippen LogP contribution in [0.2, 0.25) is 0 Å². The highest BCUT2D eigenvalue weighted by molar-refractivity contribution is 5.94. The maximum atomic E-state index is 12.3. The number of amides is 1. The van der Waals surface area contributed by atoms with Gasteiger partial charge in [0.05, 0.1) is 18.4 Å². The molecule has 0 aliphatic carbocycles. The number of rotatable bonds is 3. The molecule has 2 aromatic rings. The van der Waals surface area contributed by atoms with E-state index in [1.54, 1.807) is 19.5 Å². The minimum absolute atomic E-state index is 0.0935. The van der Waals surface area contributed by atoms with Crippen LogP contribution in [0, 0.1) is 0 Å². The molecule has 1 fully saturated rings. The molecule has 1 aromatic heterocycles. The number of carbonyl (C=O) groups excluding carboxylic acids is 1. The second-order valence-corrected chi connectivity index (χ2v) is 5.05. The summed E-state index contributed by atoms with van der Waals surface area (Å²) in [6, 6.07) is 9.81. The van der Waals surface area contributed by atoms with E-state index in [-0.39, 0.29) is 5.91 Å². The Morgan fingerprint density at radius 2 is 1.90 bits per heavy atom. The van der Waals surface area contributed by atoms with Crippen molar-refractivity contribution in [1.82, 2.24) is 9.88 Å². The molecule has 0 atom stereocenters. The minimum Gasteiger partial charge on any atom is -0.495 e. The van der Waals surface area contributed by atoms with E-state index in [4.69, 9.17) is 4.74 Å². The molecule has 2 heterocycles. The van der Waals surface area contributed by atoms with Crippen LogP contribution in [0.25, 0.3) is 0 Å². The van der Waals surface area contributed by atoms with Crippen molar-refractivity contribution >= 4 is 11.6 Å². The fraction of sp³-hybridized carbons (Fsp3) is 0.312. The quantitative estimate of drug-likeness (QED) is 0.938. The first kappa shape index (κ1) is 13.5. The smallest absolute Gasteiger partial charge is 0.255 e. The number of hydrogen-bond donors (Lipinski definition) is 1. The van der Waals surface area contributed by atoms with Gasteiger partial charge in [0.15, 0.2) is 0 Å². The predicted molar refractivity (Wildman–Crippen MR) is 81.9 cm³/mol. The van der Waals surface area contributed by atoms with Crippen molar-refractivity contribution in [3.05, 3.63) is 48.3 Å². The van der Waals surface area contributed by atoms with Crippen LogP contribution in [0.1, 0.15) is 10.4 Å². The Morgan fingerprint density at radius 1 is 1.14 bits per heavy atom. The number of para-hydroxylation sites is 2. The third kappa shape index (κ3) is 2.72. The van der Waals surface area contributed by atoms with Crippen LogP contribution in [-0.2, 0) is 0 Å². The van der Waals surface area contributed by atoms with E-state index < -0.39 is 0 Å². The molecule has 0 saturated carbocycles. The summed E-state index contributed by atoms with van der Waals surface area (Å²) in [6.07, 6.45) is 3.52. The van der Waals surface area contributed by atoms with Gasteiger partial charge in [-0.3, -0.25) is 4.79 Å². The average molecular weight is 285 g/mol. The van der Waals surface area contributed by atoms with Crippen LogP contribution in [0.15, 0.2) is 42.7 Å². The third-order valence-corrected chi connectivity index (χ3v) is 3.84. The van der Waals surface area contributed by atoms with Gasteiger partial charge < -0.3 is 19.5 Å². The van der Waals surface area contributed by atoms with Crippen molar-refractivity contribution in [3.8, 4) is 5.75 Å². The first-order chi connectivity index (χ1) is 10.3. The van der Waals surface area contributed by atoms with Crippen LogP contribution >= 0.6 is 0 Å². The van der Waals surface area contributed by atoms with Crippen molar-refractivity contribution in [2.75, 3.05) is 38.2 Å². The number of aromatic amines is 1. The third-order valence-electron chi connectivity index (χ3n) is 3.84. The van der Waals surface area contributed by atoms with Gasteiger partial charge in [-0.15, -0.1) is 0 Å². The summed E-state index contributed by atoms with van der Waals surface area (Å²) in [4.78, 5) is 19.4. The van der Waals surface area contributed by atoms with Crippen molar-refractivity contribution in [2.24, 2.45) is 0 Å². The molecule has 1 aliphatic rings. The van der Waals surface area contributed by atoms with Crippen LogP contribution in [-0.4, -0.2) is 49.1 Å². The number of nitrogens with one attached hydrogen (secondary N) is 1. The number of ether oxygens (including phenoxy) is 1. The van der Waals surface area contributed by atoms with E-state index in [2.05, 4.69) is 16.0 Å². The van der Waals surface area contributed by atoms with Gasteiger partial charge in [-0.25, -0.2) is 0 Å². The Morgan fingerprint density at radius 3 is 2.57 bits per heavy atom. The molecule has 1 amide bonds. The van der Waals surface area contributed by atoms with Gasteiger partial charge in [0.25, 0.3) is 5.91 Å². The summed E-state index contributed by atoms with van der Waals surface area (Å²) in [5.74, 6) is 0.971. The molecule has 0 spiro atoms. The molecule has 1 aliphatic heterocycles. The Bertz CT molecular complexity index is 602. The fourth-order valence-corrected chi connectivity index (χ4v) is 2.68. The van der Waals surface area contributed by atoms with Crippen molar-refractivity contribution in [2.45, 2.75) is 0 Å². The summed E-state index contributed by atoms with van der Waals surface area (Å²) in [5.41, 5.74) is 1.81. The molecular formula is C16H19N3O2. The van der Waals surface area contributed by atoms with E-state index in [0.717, 1.165) is 43.2 Å². The number of benzene rings is 1. The Labute approximate surface area is 124 Å². The van der Waals surface area contributed by atoms with E-state index in [9.17, 15) is 4.79 Å². The number of anilines is 1. The molecular weight excluding hydrogens is 266 g/mol. The monoisotopic (exact) mass is 285 g/mol. The molecule has 3 rings (SSSR count). The molecule has 110 valence electrons. The zero-order valence-corrected chi connectivity index (χ0v) is 12.1. The van der Waals surface area contributed by atoms with Crippen molar-refractivity contribution in [3.63, 3.8) is 0 Å². The van der Waals surface area contributed by atoms with Gasteiger partial charge in [-0.2, -0.15) is 0 Å². The van der Waals surface area contributed by atoms with Crippen LogP contribution < -0.4 is 9.64 Å². The van der Waals surface area contributed by atoms with Crippen LogP contribution in [0.5, 0.6) is 5.75 Å². The lowest BCUT2D eigenvalue weighted by Crippen LogP contribution is -2.48. The molecule has 0 radical (unpaired) electrons. The van der Waals surface area contributed by atoms with E-state index in [0.29, 0.717) is 0 Å². The average Bonchev–Trinajstić information content (AvgIpc) is 3.09. The number of piperazine rings is 1. The summed E-state index contributed by atoms with van der Waals surface area (Å²) in [7, 11) is 1.69. The first-order valence-corrected chi connectivity index (χ1v) is 7.09. The standard InChI is InChI=1S/C16H19N3O2/c1-21-15-5-3-2-4-14(15)18-8-10-19(11-9-18)16(20)13-6-7-17-12-13/h2-7,12,17H,8-11H2,1H3. The summed E-state index contributed by atoms with van der Waals surface area (Å²) in [5, 5.41) is 0. The van der Waals surface area contributed by atoms with Gasteiger partial charge in [0.2, 0.25) is 0 Å². The van der Waals surface area contributed by atoms with Gasteiger partial charge in [0.1, 0.15) is 5.75 Å². The first-order valence-electron chi connectivity index (χ1n) is 7.09. The molecule has 0 unspecified atom stereocenters. The van der Waals surface area contributed by atoms with Crippen LogP contribution in [0.3, 0.4) is 0 Å². The number of hydrogen-bond acceptors (Lipinski definition) is 3. The van der Waals surface area contributed by atoms with Gasteiger partial charge in [-0.05, 0) is 18.2 Å².